The fourth-order valence-corrected chi connectivity index (χ4v) is 1.86. The van der Waals surface area contributed by atoms with Crippen LogP contribution in [0, 0.1) is 0 Å². The maximum absolute atomic E-state index is 5.29. The number of benzene rings is 1. The molecule has 4 heteroatoms. The first-order chi connectivity index (χ1) is 9.33. The summed E-state index contributed by atoms with van der Waals surface area (Å²) >= 11 is 0. The van der Waals surface area contributed by atoms with Gasteiger partial charge in [-0.15, -0.1) is 0 Å². The van der Waals surface area contributed by atoms with Crippen LogP contribution in [-0.4, -0.2) is 25.7 Å². The molecule has 0 atom stereocenters. The lowest BCUT2D eigenvalue weighted by molar-refractivity contribution is 0.354. The second-order valence-electron chi connectivity index (χ2n) is 4.10. The number of ether oxygens (including phenoxy) is 2. The summed E-state index contributed by atoms with van der Waals surface area (Å²) in [5, 5.41) is 3.35. The smallest absolute Gasteiger partial charge is 0.160 e. The molecular weight excluding hydrogens is 240 g/mol. The summed E-state index contributed by atoms with van der Waals surface area (Å²) in [5.74, 6) is 1.53. The Hall–Kier alpha value is -2.23. The third-order valence-corrected chi connectivity index (χ3v) is 2.87. The van der Waals surface area contributed by atoms with E-state index in [2.05, 4.69) is 16.4 Å². The molecule has 100 valence electrons. The molecule has 0 aliphatic carbocycles. The zero-order chi connectivity index (χ0) is 13.5. The number of nitrogens with one attached hydrogen (secondary N) is 1. The molecule has 0 unspecified atom stereocenters. The van der Waals surface area contributed by atoms with Crippen LogP contribution in [-0.2, 0) is 6.42 Å². The van der Waals surface area contributed by atoms with Gasteiger partial charge in [0.1, 0.15) is 0 Å². The molecule has 19 heavy (non-hydrogen) atoms. The van der Waals surface area contributed by atoms with Crippen LogP contribution in [0.2, 0.25) is 0 Å². The SMILES string of the molecule is COc1ccc(CCNc2ccncc2)cc1OC. The fourth-order valence-electron chi connectivity index (χ4n) is 1.86. The third kappa shape index (κ3) is 3.61. The molecule has 0 aliphatic heterocycles. The van der Waals surface area contributed by atoms with E-state index in [1.54, 1.807) is 26.6 Å². The Bertz CT molecular complexity index is 515. The number of methoxy groups -OCH3 is 2. The zero-order valence-electron chi connectivity index (χ0n) is 11.2. The lowest BCUT2D eigenvalue weighted by Crippen LogP contribution is -2.05. The minimum atomic E-state index is 0.758. The van der Waals surface area contributed by atoms with E-state index < -0.39 is 0 Å². The van der Waals surface area contributed by atoms with Gasteiger partial charge in [-0.2, -0.15) is 0 Å². The van der Waals surface area contributed by atoms with E-state index in [-0.39, 0.29) is 0 Å². The van der Waals surface area contributed by atoms with Crippen LogP contribution < -0.4 is 14.8 Å². The number of hydrogen-bond acceptors (Lipinski definition) is 4. The highest BCUT2D eigenvalue weighted by molar-refractivity contribution is 5.44. The number of hydrogen-bond donors (Lipinski definition) is 1. The van der Waals surface area contributed by atoms with Crippen molar-refractivity contribution in [3.63, 3.8) is 0 Å². The van der Waals surface area contributed by atoms with E-state index in [1.165, 1.54) is 5.56 Å². The molecule has 0 spiro atoms. The van der Waals surface area contributed by atoms with Gasteiger partial charge in [0.2, 0.25) is 0 Å². The third-order valence-electron chi connectivity index (χ3n) is 2.87. The van der Waals surface area contributed by atoms with Gasteiger partial charge in [-0.1, -0.05) is 6.07 Å². The van der Waals surface area contributed by atoms with Crippen molar-refractivity contribution in [1.82, 2.24) is 4.98 Å². The maximum Gasteiger partial charge on any atom is 0.160 e. The predicted octanol–water partition coefficient (Wildman–Crippen LogP) is 2.75. The second kappa shape index (κ2) is 6.64. The molecule has 0 amide bonds. The number of aromatic nitrogens is 1. The second-order valence-corrected chi connectivity index (χ2v) is 4.10. The van der Waals surface area contributed by atoms with Crippen LogP contribution in [0.5, 0.6) is 11.5 Å². The van der Waals surface area contributed by atoms with Crippen LogP contribution in [0.25, 0.3) is 0 Å². The minimum absolute atomic E-state index is 0.758. The van der Waals surface area contributed by atoms with Crippen molar-refractivity contribution in [3.05, 3.63) is 48.3 Å². The van der Waals surface area contributed by atoms with Crippen molar-refractivity contribution in [3.8, 4) is 11.5 Å². The van der Waals surface area contributed by atoms with Gasteiger partial charge in [0.15, 0.2) is 11.5 Å². The molecule has 1 aromatic carbocycles. The Morgan fingerprint density at radius 3 is 2.42 bits per heavy atom. The average molecular weight is 258 g/mol. The monoisotopic (exact) mass is 258 g/mol. The van der Waals surface area contributed by atoms with Crippen molar-refractivity contribution < 1.29 is 9.47 Å². The van der Waals surface area contributed by atoms with Gasteiger partial charge in [-0.3, -0.25) is 4.98 Å². The van der Waals surface area contributed by atoms with Gasteiger partial charge in [0.25, 0.3) is 0 Å². The lowest BCUT2D eigenvalue weighted by atomic mass is 10.1. The van der Waals surface area contributed by atoms with E-state index in [0.29, 0.717) is 0 Å². The topological polar surface area (TPSA) is 43.4 Å². The molecule has 1 aromatic heterocycles. The largest absolute Gasteiger partial charge is 0.493 e. The van der Waals surface area contributed by atoms with Crippen LogP contribution in [0.1, 0.15) is 5.56 Å². The molecule has 0 saturated carbocycles. The first-order valence-electron chi connectivity index (χ1n) is 6.18. The van der Waals surface area contributed by atoms with Gasteiger partial charge in [-0.25, -0.2) is 0 Å². The van der Waals surface area contributed by atoms with E-state index in [0.717, 1.165) is 30.2 Å². The Labute approximate surface area is 113 Å². The summed E-state index contributed by atoms with van der Waals surface area (Å²) in [5.41, 5.74) is 2.29. The molecule has 2 rings (SSSR count). The van der Waals surface area contributed by atoms with Crippen LogP contribution >= 0.6 is 0 Å². The summed E-state index contributed by atoms with van der Waals surface area (Å²) in [6.07, 6.45) is 4.47. The summed E-state index contributed by atoms with van der Waals surface area (Å²) in [6, 6.07) is 9.90. The van der Waals surface area contributed by atoms with Crippen molar-refractivity contribution in [2.24, 2.45) is 0 Å². The number of rotatable bonds is 6. The molecule has 0 radical (unpaired) electrons. The zero-order valence-corrected chi connectivity index (χ0v) is 11.2. The molecule has 0 saturated heterocycles. The average Bonchev–Trinajstić information content (AvgIpc) is 2.48. The van der Waals surface area contributed by atoms with Crippen molar-refractivity contribution >= 4 is 5.69 Å². The summed E-state index contributed by atoms with van der Waals surface area (Å²) < 4.78 is 10.5. The van der Waals surface area contributed by atoms with E-state index >= 15 is 0 Å². The molecule has 0 bridgehead atoms. The Morgan fingerprint density at radius 1 is 1.00 bits per heavy atom. The highest BCUT2D eigenvalue weighted by Gasteiger charge is 2.04. The van der Waals surface area contributed by atoms with Crippen molar-refractivity contribution in [2.75, 3.05) is 26.1 Å². The summed E-state index contributed by atoms with van der Waals surface area (Å²) in [7, 11) is 3.29. The van der Waals surface area contributed by atoms with Gasteiger partial charge in [0, 0.05) is 24.6 Å². The predicted molar refractivity (Wildman–Crippen MR) is 76.0 cm³/mol. The molecule has 1 heterocycles. The first kappa shape index (κ1) is 13.2. The van der Waals surface area contributed by atoms with Crippen molar-refractivity contribution in [2.45, 2.75) is 6.42 Å². The van der Waals surface area contributed by atoms with Gasteiger partial charge in [0.05, 0.1) is 14.2 Å². The highest BCUT2D eigenvalue weighted by Crippen LogP contribution is 2.27. The Kier molecular flexibility index (Phi) is 4.61. The normalized spacial score (nSPS) is 10.0. The van der Waals surface area contributed by atoms with Crippen molar-refractivity contribution in [1.29, 1.82) is 0 Å². The van der Waals surface area contributed by atoms with E-state index in [1.807, 2.05) is 24.3 Å². The molecule has 0 fully saturated rings. The quantitative estimate of drug-likeness (QED) is 0.865. The van der Waals surface area contributed by atoms with Gasteiger partial charge < -0.3 is 14.8 Å². The Balaban J connectivity index is 1.93. The van der Waals surface area contributed by atoms with Crippen LogP contribution in [0.4, 0.5) is 5.69 Å². The number of anilines is 1. The standard InChI is InChI=1S/C15H18N2O2/c1-18-14-4-3-12(11-15(14)19-2)5-10-17-13-6-8-16-9-7-13/h3-4,6-9,11H,5,10H2,1-2H3,(H,16,17). The van der Waals surface area contributed by atoms with Crippen LogP contribution in [0.3, 0.4) is 0 Å². The molecule has 4 nitrogen and oxygen atoms in total. The Morgan fingerprint density at radius 2 is 1.74 bits per heavy atom. The number of pyridine rings is 1. The molecule has 0 aliphatic rings. The lowest BCUT2D eigenvalue weighted by Gasteiger charge is -2.10. The van der Waals surface area contributed by atoms with E-state index in [9.17, 15) is 0 Å². The maximum atomic E-state index is 5.29. The van der Waals surface area contributed by atoms with Gasteiger partial charge >= 0.3 is 0 Å². The van der Waals surface area contributed by atoms with E-state index in [4.69, 9.17) is 9.47 Å². The molecule has 1 N–H and O–H groups in total. The number of nitrogens with zero attached hydrogens (tertiary/aromatic N) is 1. The fraction of sp³-hybridized carbons (Fsp3) is 0.267. The summed E-state index contributed by atoms with van der Waals surface area (Å²) in [4.78, 5) is 3.98. The highest BCUT2D eigenvalue weighted by atomic mass is 16.5. The molecule has 2 aromatic rings. The molecular formula is C15H18N2O2. The van der Waals surface area contributed by atoms with Gasteiger partial charge in [-0.05, 0) is 36.2 Å². The minimum Gasteiger partial charge on any atom is -0.493 e. The van der Waals surface area contributed by atoms with Crippen LogP contribution in [0.15, 0.2) is 42.7 Å². The summed E-state index contributed by atoms with van der Waals surface area (Å²) in [6.45, 7) is 0.861. The first-order valence-corrected chi connectivity index (χ1v) is 6.18.